The van der Waals surface area contributed by atoms with Crippen LogP contribution in [-0.2, 0) is 0 Å². The summed E-state index contributed by atoms with van der Waals surface area (Å²) in [6.07, 6.45) is 2.90. The van der Waals surface area contributed by atoms with Crippen LogP contribution in [0.25, 0.3) is 0 Å². The molecule has 1 aromatic carbocycles. The summed E-state index contributed by atoms with van der Waals surface area (Å²) >= 11 is 0. The monoisotopic (exact) mass is 378 g/mol. The third kappa shape index (κ3) is 5.51. The number of hydrogen-bond acceptors (Lipinski definition) is 5. The van der Waals surface area contributed by atoms with Gasteiger partial charge in [-0.2, -0.15) is 0 Å². The Kier molecular flexibility index (Phi) is 8.72. The van der Waals surface area contributed by atoms with Gasteiger partial charge in [-0.05, 0) is 65.3 Å². The molecular weight excluding hydrogens is 344 g/mol. The van der Waals surface area contributed by atoms with Crippen molar-refractivity contribution >= 4 is 5.91 Å². The minimum atomic E-state index is 0.0358. The molecule has 1 aliphatic rings. The number of rotatable bonds is 10. The van der Waals surface area contributed by atoms with Gasteiger partial charge in [-0.1, -0.05) is 6.92 Å². The van der Waals surface area contributed by atoms with E-state index in [0.29, 0.717) is 42.6 Å². The van der Waals surface area contributed by atoms with Gasteiger partial charge in [-0.25, -0.2) is 0 Å². The van der Waals surface area contributed by atoms with Gasteiger partial charge < -0.3 is 24.4 Å². The molecule has 0 unspecified atom stereocenters. The average Bonchev–Trinajstić information content (AvgIpc) is 2.69. The first kappa shape index (κ1) is 21.4. The fraction of sp³-hybridized carbons (Fsp3) is 0.667. The lowest BCUT2D eigenvalue weighted by molar-refractivity contribution is 0.0641. The van der Waals surface area contributed by atoms with Crippen molar-refractivity contribution in [3.05, 3.63) is 17.7 Å². The zero-order chi connectivity index (χ0) is 19.6. The summed E-state index contributed by atoms with van der Waals surface area (Å²) in [6.45, 7) is 12.0. The Bertz CT molecular complexity index is 573. The standard InChI is InChI=1S/C21H34N2O4/c1-5-13-23(17-9-11-22-12-10-17)21(24)16-14-18(25-6-2)20(27-8-4)19(15-16)26-7-3/h14-15,17,22H,5-13H2,1-4H3. The maximum atomic E-state index is 13.4. The lowest BCUT2D eigenvalue weighted by Gasteiger charge is -2.35. The predicted octanol–water partition coefficient (Wildman–Crippen LogP) is 3.49. The summed E-state index contributed by atoms with van der Waals surface area (Å²) < 4.78 is 17.3. The molecule has 2 rings (SSSR count). The summed E-state index contributed by atoms with van der Waals surface area (Å²) in [7, 11) is 0. The highest BCUT2D eigenvalue weighted by atomic mass is 16.5. The normalized spacial score (nSPS) is 14.7. The number of ether oxygens (including phenoxy) is 3. The third-order valence-corrected chi connectivity index (χ3v) is 4.63. The highest BCUT2D eigenvalue weighted by Gasteiger charge is 2.27. The van der Waals surface area contributed by atoms with Gasteiger partial charge in [0.15, 0.2) is 11.5 Å². The van der Waals surface area contributed by atoms with E-state index >= 15 is 0 Å². The fourth-order valence-electron chi connectivity index (χ4n) is 3.49. The molecule has 1 saturated heterocycles. The molecule has 1 aromatic rings. The fourth-order valence-corrected chi connectivity index (χ4v) is 3.49. The first-order chi connectivity index (χ1) is 13.2. The van der Waals surface area contributed by atoms with Crippen molar-refractivity contribution in [3.8, 4) is 17.2 Å². The van der Waals surface area contributed by atoms with Gasteiger partial charge in [0, 0.05) is 18.2 Å². The van der Waals surface area contributed by atoms with E-state index in [1.54, 1.807) is 12.1 Å². The van der Waals surface area contributed by atoms with Gasteiger partial charge in [0.25, 0.3) is 5.91 Å². The maximum Gasteiger partial charge on any atom is 0.254 e. The summed E-state index contributed by atoms with van der Waals surface area (Å²) in [6, 6.07) is 3.86. The zero-order valence-electron chi connectivity index (χ0n) is 17.2. The molecule has 0 atom stereocenters. The molecule has 6 heteroatoms. The Balaban J connectivity index is 2.39. The van der Waals surface area contributed by atoms with Gasteiger partial charge in [-0.15, -0.1) is 0 Å². The second-order valence-electron chi connectivity index (χ2n) is 6.58. The number of carbonyl (C=O) groups excluding carboxylic acids is 1. The Morgan fingerprint density at radius 2 is 1.56 bits per heavy atom. The van der Waals surface area contributed by atoms with Crippen molar-refractivity contribution < 1.29 is 19.0 Å². The smallest absolute Gasteiger partial charge is 0.254 e. The van der Waals surface area contributed by atoms with Gasteiger partial charge in [-0.3, -0.25) is 4.79 Å². The van der Waals surface area contributed by atoms with Crippen LogP contribution in [0, 0.1) is 0 Å². The highest BCUT2D eigenvalue weighted by Crippen LogP contribution is 2.39. The first-order valence-electron chi connectivity index (χ1n) is 10.2. The molecular formula is C21H34N2O4. The Morgan fingerprint density at radius 1 is 1.00 bits per heavy atom. The van der Waals surface area contributed by atoms with Crippen molar-refractivity contribution in [1.82, 2.24) is 10.2 Å². The van der Waals surface area contributed by atoms with E-state index < -0.39 is 0 Å². The minimum absolute atomic E-state index is 0.0358. The van der Waals surface area contributed by atoms with Crippen molar-refractivity contribution in [1.29, 1.82) is 0 Å². The third-order valence-electron chi connectivity index (χ3n) is 4.63. The summed E-state index contributed by atoms with van der Waals surface area (Å²) in [5.74, 6) is 1.74. The molecule has 152 valence electrons. The van der Waals surface area contributed by atoms with Crippen LogP contribution in [0.1, 0.15) is 57.3 Å². The van der Waals surface area contributed by atoms with E-state index in [-0.39, 0.29) is 11.9 Å². The molecule has 0 spiro atoms. The molecule has 0 saturated carbocycles. The molecule has 0 aromatic heterocycles. The van der Waals surface area contributed by atoms with Crippen molar-refractivity contribution in [2.24, 2.45) is 0 Å². The van der Waals surface area contributed by atoms with Crippen LogP contribution in [-0.4, -0.2) is 56.3 Å². The van der Waals surface area contributed by atoms with Crippen LogP contribution < -0.4 is 19.5 Å². The first-order valence-corrected chi connectivity index (χ1v) is 10.2. The zero-order valence-corrected chi connectivity index (χ0v) is 17.2. The molecule has 0 bridgehead atoms. The molecule has 1 aliphatic heterocycles. The van der Waals surface area contributed by atoms with Crippen LogP contribution in [0.15, 0.2) is 12.1 Å². The van der Waals surface area contributed by atoms with Crippen LogP contribution in [0.5, 0.6) is 17.2 Å². The van der Waals surface area contributed by atoms with Crippen LogP contribution in [0.3, 0.4) is 0 Å². The van der Waals surface area contributed by atoms with Gasteiger partial charge in [0.2, 0.25) is 5.75 Å². The number of hydrogen-bond donors (Lipinski definition) is 1. The molecule has 27 heavy (non-hydrogen) atoms. The van der Waals surface area contributed by atoms with Crippen molar-refractivity contribution in [2.75, 3.05) is 39.5 Å². The van der Waals surface area contributed by atoms with E-state index in [0.717, 1.165) is 38.9 Å². The largest absolute Gasteiger partial charge is 0.490 e. The highest BCUT2D eigenvalue weighted by molar-refractivity contribution is 5.96. The SMILES string of the molecule is CCCN(C(=O)c1cc(OCC)c(OCC)c(OCC)c1)C1CCNCC1. The van der Waals surface area contributed by atoms with Crippen LogP contribution in [0.2, 0.25) is 0 Å². The molecule has 0 aliphatic carbocycles. The summed E-state index contributed by atoms with van der Waals surface area (Å²) in [5.41, 5.74) is 0.595. The molecule has 1 heterocycles. The van der Waals surface area contributed by atoms with Crippen LogP contribution >= 0.6 is 0 Å². The van der Waals surface area contributed by atoms with Crippen molar-refractivity contribution in [2.45, 2.75) is 53.0 Å². The number of nitrogens with zero attached hydrogens (tertiary/aromatic N) is 1. The number of benzene rings is 1. The summed E-state index contributed by atoms with van der Waals surface area (Å²) in [5, 5.41) is 3.37. The topological polar surface area (TPSA) is 60.0 Å². The molecule has 6 nitrogen and oxygen atoms in total. The van der Waals surface area contributed by atoms with Gasteiger partial charge in [0.05, 0.1) is 19.8 Å². The van der Waals surface area contributed by atoms with Gasteiger partial charge in [0.1, 0.15) is 0 Å². The Morgan fingerprint density at radius 3 is 2.04 bits per heavy atom. The quantitative estimate of drug-likeness (QED) is 0.675. The molecule has 1 fully saturated rings. The van der Waals surface area contributed by atoms with E-state index in [1.165, 1.54) is 0 Å². The second-order valence-corrected chi connectivity index (χ2v) is 6.58. The minimum Gasteiger partial charge on any atom is -0.490 e. The van der Waals surface area contributed by atoms with E-state index in [2.05, 4.69) is 12.2 Å². The van der Waals surface area contributed by atoms with E-state index in [1.807, 2.05) is 25.7 Å². The van der Waals surface area contributed by atoms with E-state index in [4.69, 9.17) is 14.2 Å². The second kappa shape index (κ2) is 11.0. The Hall–Kier alpha value is -1.95. The molecule has 0 radical (unpaired) electrons. The predicted molar refractivity (Wildman–Crippen MR) is 107 cm³/mol. The number of amides is 1. The number of piperidine rings is 1. The average molecular weight is 379 g/mol. The Labute approximate surface area is 163 Å². The molecule has 1 N–H and O–H groups in total. The summed E-state index contributed by atoms with van der Waals surface area (Å²) in [4.78, 5) is 15.4. The lowest BCUT2D eigenvalue weighted by atomic mass is 10.0. The lowest BCUT2D eigenvalue weighted by Crippen LogP contribution is -2.46. The number of carbonyl (C=O) groups is 1. The van der Waals surface area contributed by atoms with Crippen molar-refractivity contribution in [3.63, 3.8) is 0 Å². The van der Waals surface area contributed by atoms with E-state index in [9.17, 15) is 4.79 Å². The maximum absolute atomic E-state index is 13.4. The molecule has 1 amide bonds. The van der Waals surface area contributed by atoms with Gasteiger partial charge >= 0.3 is 0 Å². The number of nitrogens with one attached hydrogen (secondary N) is 1. The van der Waals surface area contributed by atoms with Crippen LogP contribution in [0.4, 0.5) is 0 Å².